The van der Waals surface area contributed by atoms with Crippen LogP contribution in [-0.2, 0) is 6.42 Å². The van der Waals surface area contributed by atoms with Gasteiger partial charge in [0.15, 0.2) is 0 Å². The van der Waals surface area contributed by atoms with Crippen LogP contribution in [-0.4, -0.2) is 39.6 Å². The minimum Gasteiger partial charge on any atom is -0.497 e. The molecule has 1 aromatic carbocycles. The van der Waals surface area contributed by atoms with E-state index < -0.39 is 0 Å². The van der Waals surface area contributed by atoms with Crippen LogP contribution in [0.5, 0.6) is 5.75 Å². The maximum Gasteiger partial charge on any atom is 0.129 e. The number of nitrogens with zero attached hydrogens (tertiary/aromatic N) is 3. The molecule has 4 N–H and O–H groups in total. The van der Waals surface area contributed by atoms with Gasteiger partial charge in [0.25, 0.3) is 0 Å². The van der Waals surface area contributed by atoms with Gasteiger partial charge in [0, 0.05) is 42.8 Å². The Morgan fingerprint density at radius 3 is 2.68 bits per heavy atom. The third kappa shape index (κ3) is 4.84. The van der Waals surface area contributed by atoms with Crippen molar-refractivity contribution in [1.82, 2.24) is 19.9 Å². The highest BCUT2D eigenvalue weighted by molar-refractivity contribution is 5.85. The number of anilines is 1. The number of nitrogens with two attached hydrogens (primary N) is 1. The number of fused-ring (bicyclic) bond motifs is 1. The van der Waals surface area contributed by atoms with E-state index in [-0.39, 0.29) is 24.8 Å². The number of nitrogens with one attached hydrogen (secondary N) is 2. The van der Waals surface area contributed by atoms with Gasteiger partial charge in [-0.25, -0.2) is 15.0 Å². The van der Waals surface area contributed by atoms with E-state index in [0.29, 0.717) is 12.0 Å². The molecule has 0 atom stereocenters. The Morgan fingerprint density at radius 2 is 1.96 bits per heavy atom. The molecular formula is C19H26Cl2N6O. The van der Waals surface area contributed by atoms with E-state index in [1.54, 1.807) is 7.11 Å². The highest BCUT2D eigenvalue weighted by Gasteiger charge is 2.28. The number of hydrogen-bond acceptors (Lipinski definition) is 6. The Bertz CT molecular complexity index is 926. The van der Waals surface area contributed by atoms with Crippen molar-refractivity contribution >= 4 is 41.7 Å². The van der Waals surface area contributed by atoms with Crippen molar-refractivity contribution in [2.45, 2.75) is 38.1 Å². The van der Waals surface area contributed by atoms with Gasteiger partial charge in [-0.15, -0.1) is 24.8 Å². The summed E-state index contributed by atoms with van der Waals surface area (Å²) < 4.78 is 5.25. The number of hydrogen-bond donors (Lipinski definition) is 3. The quantitative estimate of drug-likeness (QED) is 0.560. The normalized spacial score (nSPS) is 18.0. The summed E-state index contributed by atoms with van der Waals surface area (Å²) in [5, 5.41) is 3.39. The summed E-state index contributed by atoms with van der Waals surface area (Å²) in [6.45, 7) is 2.68. The number of halogens is 2. The smallest absolute Gasteiger partial charge is 0.129 e. The molecule has 9 heteroatoms. The van der Waals surface area contributed by atoms with Gasteiger partial charge in [-0.2, -0.15) is 0 Å². The first-order valence-corrected chi connectivity index (χ1v) is 8.98. The fourth-order valence-corrected chi connectivity index (χ4v) is 3.39. The van der Waals surface area contributed by atoms with Gasteiger partial charge in [0.05, 0.1) is 18.1 Å². The first-order valence-electron chi connectivity index (χ1n) is 8.98. The number of benzene rings is 1. The monoisotopic (exact) mass is 424 g/mol. The molecule has 0 unspecified atom stereocenters. The topological polar surface area (TPSA) is 102 Å². The predicted molar refractivity (Wildman–Crippen MR) is 116 cm³/mol. The molecule has 2 aromatic heterocycles. The van der Waals surface area contributed by atoms with Crippen LogP contribution in [0.3, 0.4) is 0 Å². The average Bonchev–Trinajstić information content (AvgIpc) is 3.00. The molecule has 0 aliphatic heterocycles. The Morgan fingerprint density at radius 1 is 1.18 bits per heavy atom. The van der Waals surface area contributed by atoms with E-state index >= 15 is 0 Å². The van der Waals surface area contributed by atoms with E-state index in [2.05, 4.69) is 25.3 Å². The maximum absolute atomic E-state index is 5.90. The molecule has 1 fully saturated rings. The number of imidazole rings is 1. The molecule has 0 saturated heterocycles. The van der Waals surface area contributed by atoms with Gasteiger partial charge in [0.2, 0.25) is 0 Å². The van der Waals surface area contributed by atoms with Crippen LogP contribution >= 0.6 is 24.8 Å². The third-order valence-corrected chi connectivity index (χ3v) is 4.86. The number of rotatable bonds is 6. The molecule has 0 radical (unpaired) electrons. The van der Waals surface area contributed by atoms with Crippen molar-refractivity contribution in [2.75, 3.05) is 19.0 Å². The van der Waals surface area contributed by atoms with Crippen molar-refractivity contribution < 1.29 is 4.74 Å². The van der Waals surface area contributed by atoms with E-state index in [1.165, 1.54) is 0 Å². The molecule has 1 aliphatic carbocycles. The summed E-state index contributed by atoms with van der Waals surface area (Å²) in [7, 11) is 1.66. The van der Waals surface area contributed by atoms with Crippen LogP contribution in [0.15, 0.2) is 24.3 Å². The second kappa shape index (κ2) is 9.41. The van der Waals surface area contributed by atoms with E-state index in [1.807, 2.05) is 31.2 Å². The fraction of sp³-hybridized carbons (Fsp3) is 0.421. The lowest BCUT2D eigenvalue weighted by Gasteiger charge is -2.32. The van der Waals surface area contributed by atoms with Gasteiger partial charge >= 0.3 is 0 Å². The number of ether oxygens (including phenoxy) is 1. The Balaban J connectivity index is 0.00000140. The van der Waals surface area contributed by atoms with E-state index in [0.717, 1.165) is 65.8 Å². The molecule has 152 valence electrons. The lowest BCUT2D eigenvalue weighted by atomic mass is 9.78. The maximum atomic E-state index is 5.90. The molecular weight excluding hydrogens is 399 g/mol. The second-order valence-corrected chi connectivity index (χ2v) is 6.90. The number of methoxy groups -OCH3 is 1. The fourth-order valence-electron chi connectivity index (χ4n) is 3.39. The van der Waals surface area contributed by atoms with Gasteiger partial charge in [-0.3, -0.25) is 0 Å². The predicted octanol–water partition coefficient (Wildman–Crippen LogP) is 3.37. The summed E-state index contributed by atoms with van der Waals surface area (Å²) in [5.74, 6) is 3.90. The molecule has 4 rings (SSSR count). The summed E-state index contributed by atoms with van der Waals surface area (Å²) in [4.78, 5) is 17.0. The summed E-state index contributed by atoms with van der Waals surface area (Å²) in [6, 6.07) is 8.21. The second-order valence-electron chi connectivity index (χ2n) is 6.90. The van der Waals surface area contributed by atoms with Crippen molar-refractivity contribution in [1.29, 1.82) is 0 Å². The van der Waals surface area contributed by atoms with Crippen LogP contribution in [0.1, 0.15) is 36.1 Å². The Labute approximate surface area is 176 Å². The highest BCUT2D eigenvalue weighted by atomic mass is 35.5. The molecule has 0 bridgehead atoms. The number of aromatic amines is 1. The van der Waals surface area contributed by atoms with E-state index in [9.17, 15) is 0 Å². The van der Waals surface area contributed by atoms with Crippen molar-refractivity contribution in [3.63, 3.8) is 0 Å². The lowest BCUT2D eigenvalue weighted by molar-refractivity contribution is 0.344. The van der Waals surface area contributed by atoms with Crippen molar-refractivity contribution in [3.05, 3.63) is 41.6 Å². The zero-order chi connectivity index (χ0) is 18.1. The molecule has 3 aromatic rings. The molecule has 1 saturated carbocycles. The molecule has 2 heterocycles. The zero-order valence-corrected chi connectivity index (χ0v) is 17.6. The number of aryl methyl sites for hydroxylation is 1. The molecule has 28 heavy (non-hydrogen) atoms. The Hall–Kier alpha value is -2.09. The van der Waals surface area contributed by atoms with Crippen LogP contribution in [0.4, 0.5) is 5.82 Å². The van der Waals surface area contributed by atoms with Gasteiger partial charge in [0.1, 0.15) is 23.2 Å². The minimum atomic E-state index is 0. The average molecular weight is 425 g/mol. The molecule has 1 aliphatic rings. The van der Waals surface area contributed by atoms with Crippen molar-refractivity contribution in [3.8, 4) is 5.75 Å². The van der Waals surface area contributed by atoms with E-state index in [4.69, 9.17) is 10.5 Å². The first kappa shape index (κ1) is 22.2. The SMILES string of the molecule is COc1ccc2nc(CCNc3cc(C4CC(N)C4)nc(C)n3)[nH]c2c1.Cl.Cl. The third-order valence-electron chi connectivity index (χ3n) is 4.86. The number of aromatic nitrogens is 4. The van der Waals surface area contributed by atoms with Crippen molar-refractivity contribution in [2.24, 2.45) is 5.73 Å². The molecule has 7 nitrogen and oxygen atoms in total. The molecule has 0 spiro atoms. The van der Waals surface area contributed by atoms with Crippen LogP contribution in [0, 0.1) is 6.92 Å². The standard InChI is InChI=1S/C19H24N6O.2ClH/c1-11-22-16(12-7-13(20)8-12)10-19(23-11)21-6-5-18-24-15-4-3-14(26-2)9-17(15)25-18;;/h3-4,9-10,12-13H,5-8,20H2,1-2H3,(H,24,25)(H,21,22,23);2*1H. The number of H-pyrrole nitrogens is 1. The van der Waals surface area contributed by atoms with Crippen LogP contribution in [0.25, 0.3) is 11.0 Å². The van der Waals surface area contributed by atoms with Crippen LogP contribution < -0.4 is 15.8 Å². The zero-order valence-electron chi connectivity index (χ0n) is 15.9. The summed E-state index contributed by atoms with van der Waals surface area (Å²) in [6.07, 6.45) is 2.81. The largest absolute Gasteiger partial charge is 0.497 e. The Kier molecular flexibility index (Phi) is 7.46. The first-order chi connectivity index (χ1) is 12.6. The highest BCUT2D eigenvalue weighted by Crippen LogP contribution is 2.35. The van der Waals surface area contributed by atoms with Crippen LogP contribution in [0.2, 0.25) is 0 Å². The lowest BCUT2D eigenvalue weighted by Crippen LogP contribution is -2.35. The van der Waals surface area contributed by atoms with Gasteiger partial charge in [-0.1, -0.05) is 0 Å². The summed E-state index contributed by atoms with van der Waals surface area (Å²) in [5.41, 5.74) is 8.93. The van der Waals surface area contributed by atoms with Gasteiger partial charge in [-0.05, 0) is 31.9 Å². The molecule has 0 amide bonds. The summed E-state index contributed by atoms with van der Waals surface area (Å²) >= 11 is 0. The van der Waals surface area contributed by atoms with Gasteiger partial charge < -0.3 is 20.8 Å². The minimum absolute atomic E-state index is 0.